The number of carbonyl (C=O) groups is 1. The highest BCUT2D eigenvalue weighted by atomic mass is 32.1. The van der Waals surface area contributed by atoms with Crippen molar-refractivity contribution in [1.82, 2.24) is 20.4 Å². The van der Waals surface area contributed by atoms with Gasteiger partial charge in [0.25, 0.3) is 0 Å². The molecule has 28 heavy (non-hydrogen) atoms. The number of hydrogen-bond acceptors (Lipinski definition) is 5. The summed E-state index contributed by atoms with van der Waals surface area (Å²) in [4.78, 5) is 18.8. The summed E-state index contributed by atoms with van der Waals surface area (Å²) in [6, 6.07) is 4.92. The van der Waals surface area contributed by atoms with Crippen molar-refractivity contribution < 1.29 is 9.53 Å². The highest BCUT2D eigenvalue weighted by molar-refractivity contribution is 7.10. The predicted molar refractivity (Wildman–Crippen MR) is 115 cm³/mol. The van der Waals surface area contributed by atoms with Crippen LogP contribution in [0.3, 0.4) is 0 Å². The number of morpholine rings is 1. The van der Waals surface area contributed by atoms with Gasteiger partial charge in [0.15, 0.2) is 0 Å². The number of nitrogens with one attached hydrogen (secondary N) is 2. The second kappa shape index (κ2) is 11.8. The van der Waals surface area contributed by atoms with Gasteiger partial charge in [-0.3, -0.25) is 9.80 Å². The zero-order valence-electron chi connectivity index (χ0n) is 17.2. The number of hydrogen-bond donors (Lipinski definition) is 2. The van der Waals surface area contributed by atoms with E-state index in [0.29, 0.717) is 12.6 Å². The lowest BCUT2D eigenvalue weighted by molar-refractivity contribution is 0.0174. The summed E-state index contributed by atoms with van der Waals surface area (Å²) in [7, 11) is 0. The summed E-state index contributed by atoms with van der Waals surface area (Å²) < 4.78 is 5.49. The van der Waals surface area contributed by atoms with E-state index in [1.54, 1.807) is 11.3 Å². The number of likely N-dealkylation sites (tertiary alicyclic amines) is 1. The fourth-order valence-corrected chi connectivity index (χ4v) is 5.05. The van der Waals surface area contributed by atoms with Gasteiger partial charge in [0.1, 0.15) is 0 Å². The maximum atomic E-state index is 12.5. The molecule has 2 aliphatic rings. The van der Waals surface area contributed by atoms with E-state index in [1.165, 1.54) is 43.5 Å². The van der Waals surface area contributed by atoms with Gasteiger partial charge in [-0.2, -0.15) is 0 Å². The van der Waals surface area contributed by atoms with E-state index in [9.17, 15) is 4.79 Å². The third-order valence-corrected chi connectivity index (χ3v) is 6.83. The molecule has 2 amide bonds. The SMILES string of the molecule is CCCCN1CCCCC1CNC(=O)NCC(c1cccs1)N1CCOCC1. The number of urea groups is 1. The Kier molecular flexibility index (Phi) is 9.05. The number of ether oxygens (including phenoxy) is 1. The summed E-state index contributed by atoms with van der Waals surface area (Å²) in [6.07, 6.45) is 6.21. The first-order chi connectivity index (χ1) is 13.8. The Labute approximate surface area is 173 Å². The van der Waals surface area contributed by atoms with Gasteiger partial charge < -0.3 is 15.4 Å². The summed E-state index contributed by atoms with van der Waals surface area (Å²) in [5, 5.41) is 8.36. The largest absolute Gasteiger partial charge is 0.379 e. The highest BCUT2D eigenvalue weighted by Crippen LogP contribution is 2.25. The van der Waals surface area contributed by atoms with Crippen LogP contribution in [0, 0.1) is 0 Å². The van der Waals surface area contributed by atoms with Gasteiger partial charge in [0.2, 0.25) is 0 Å². The predicted octanol–water partition coefficient (Wildman–Crippen LogP) is 3.08. The fourth-order valence-electron chi connectivity index (χ4n) is 4.19. The second-order valence-corrected chi connectivity index (χ2v) is 8.79. The van der Waals surface area contributed by atoms with Gasteiger partial charge >= 0.3 is 6.03 Å². The molecule has 0 bridgehead atoms. The van der Waals surface area contributed by atoms with Crippen molar-refractivity contribution in [2.24, 2.45) is 0 Å². The van der Waals surface area contributed by atoms with Gasteiger partial charge in [0, 0.05) is 37.1 Å². The van der Waals surface area contributed by atoms with E-state index >= 15 is 0 Å². The van der Waals surface area contributed by atoms with Gasteiger partial charge in [-0.25, -0.2) is 4.79 Å². The first kappa shape index (κ1) is 21.6. The molecule has 0 radical (unpaired) electrons. The molecule has 0 aliphatic carbocycles. The number of rotatable bonds is 9. The summed E-state index contributed by atoms with van der Waals surface area (Å²) in [5.41, 5.74) is 0. The number of carbonyl (C=O) groups excluding carboxylic acids is 1. The van der Waals surface area contributed by atoms with Crippen LogP contribution in [-0.4, -0.2) is 74.4 Å². The minimum Gasteiger partial charge on any atom is -0.379 e. The lowest BCUT2D eigenvalue weighted by Gasteiger charge is -2.36. The minimum atomic E-state index is -0.0455. The minimum absolute atomic E-state index is 0.0455. The monoisotopic (exact) mass is 408 g/mol. The lowest BCUT2D eigenvalue weighted by atomic mass is 10.0. The Hall–Kier alpha value is -1.15. The Balaban J connectivity index is 1.46. The molecule has 2 atom stereocenters. The number of unbranched alkanes of at least 4 members (excludes halogenated alkanes) is 1. The topological polar surface area (TPSA) is 56.8 Å². The number of amides is 2. The third-order valence-electron chi connectivity index (χ3n) is 5.86. The van der Waals surface area contributed by atoms with Crippen LogP contribution in [0.1, 0.15) is 49.9 Å². The molecule has 0 spiro atoms. The zero-order valence-corrected chi connectivity index (χ0v) is 18.0. The molecule has 2 aliphatic heterocycles. The quantitative estimate of drug-likeness (QED) is 0.659. The highest BCUT2D eigenvalue weighted by Gasteiger charge is 2.25. The fraction of sp³-hybridized carbons (Fsp3) is 0.762. The number of thiophene rings is 1. The molecular weight excluding hydrogens is 372 g/mol. The molecule has 1 aromatic rings. The first-order valence-electron chi connectivity index (χ1n) is 10.9. The van der Waals surface area contributed by atoms with Crippen molar-refractivity contribution in [2.45, 2.75) is 51.1 Å². The van der Waals surface area contributed by atoms with E-state index in [-0.39, 0.29) is 12.1 Å². The molecular formula is C21H36N4O2S. The van der Waals surface area contributed by atoms with Crippen molar-refractivity contribution in [2.75, 3.05) is 52.5 Å². The van der Waals surface area contributed by atoms with E-state index in [0.717, 1.165) is 39.4 Å². The van der Waals surface area contributed by atoms with E-state index < -0.39 is 0 Å². The average Bonchev–Trinajstić information content (AvgIpc) is 3.27. The molecule has 1 aromatic heterocycles. The van der Waals surface area contributed by atoms with Gasteiger partial charge in [-0.05, 0) is 43.8 Å². The van der Waals surface area contributed by atoms with Crippen LogP contribution in [0.2, 0.25) is 0 Å². The Morgan fingerprint density at radius 3 is 2.89 bits per heavy atom. The molecule has 0 aromatic carbocycles. The molecule has 2 saturated heterocycles. The third kappa shape index (κ3) is 6.44. The van der Waals surface area contributed by atoms with Crippen LogP contribution in [-0.2, 0) is 4.74 Å². The van der Waals surface area contributed by atoms with E-state index in [1.807, 2.05) is 0 Å². The molecule has 2 fully saturated rings. The van der Waals surface area contributed by atoms with Crippen LogP contribution in [0.25, 0.3) is 0 Å². The molecule has 7 heteroatoms. The molecule has 2 N–H and O–H groups in total. The summed E-state index contributed by atoms with van der Waals surface area (Å²) in [6.45, 7) is 9.32. The van der Waals surface area contributed by atoms with Gasteiger partial charge in [0.05, 0.1) is 19.3 Å². The normalized spacial score (nSPS) is 22.7. The maximum absolute atomic E-state index is 12.5. The Bertz CT molecular complexity index is 563. The van der Waals surface area contributed by atoms with Crippen molar-refractivity contribution in [3.05, 3.63) is 22.4 Å². The van der Waals surface area contributed by atoms with E-state index in [4.69, 9.17) is 4.74 Å². The molecule has 3 rings (SSSR count). The zero-order chi connectivity index (χ0) is 19.6. The number of piperidine rings is 1. The van der Waals surface area contributed by atoms with Crippen LogP contribution in [0.4, 0.5) is 4.79 Å². The summed E-state index contributed by atoms with van der Waals surface area (Å²) >= 11 is 1.76. The maximum Gasteiger partial charge on any atom is 0.314 e. The average molecular weight is 409 g/mol. The van der Waals surface area contributed by atoms with Crippen molar-refractivity contribution in [3.8, 4) is 0 Å². The lowest BCUT2D eigenvalue weighted by Crippen LogP contribution is -2.50. The number of nitrogens with zero attached hydrogens (tertiary/aromatic N) is 2. The molecule has 6 nitrogen and oxygen atoms in total. The summed E-state index contributed by atoms with van der Waals surface area (Å²) in [5.74, 6) is 0. The second-order valence-electron chi connectivity index (χ2n) is 7.81. The molecule has 3 heterocycles. The molecule has 0 saturated carbocycles. The van der Waals surface area contributed by atoms with Crippen LogP contribution in [0.15, 0.2) is 17.5 Å². The van der Waals surface area contributed by atoms with Crippen molar-refractivity contribution in [3.63, 3.8) is 0 Å². The van der Waals surface area contributed by atoms with Crippen LogP contribution < -0.4 is 10.6 Å². The standard InChI is InChI=1S/C21H36N4O2S/c1-2-3-9-24-10-5-4-7-18(24)16-22-21(26)23-17-19(20-8-6-15-28-20)25-11-13-27-14-12-25/h6,8,15,18-19H,2-5,7,9-14,16-17H2,1H3,(H2,22,23,26). The van der Waals surface area contributed by atoms with E-state index in [2.05, 4.69) is 44.9 Å². The first-order valence-corrected chi connectivity index (χ1v) is 11.8. The van der Waals surface area contributed by atoms with Crippen molar-refractivity contribution in [1.29, 1.82) is 0 Å². The van der Waals surface area contributed by atoms with Crippen molar-refractivity contribution >= 4 is 17.4 Å². The van der Waals surface area contributed by atoms with Crippen LogP contribution in [0.5, 0.6) is 0 Å². The molecule has 158 valence electrons. The van der Waals surface area contributed by atoms with Gasteiger partial charge in [-0.1, -0.05) is 25.8 Å². The van der Waals surface area contributed by atoms with Gasteiger partial charge in [-0.15, -0.1) is 11.3 Å². The van der Waals surface area contributed by atoms with Crippen LogP contribution >= 0.6 is 11.3 Å². The Morgan fingerprint density at radius 2 is 2.14 bits per heavy atom. The smallest absolute Gasteiger partial charge is 0.314 e. The Morgan fingerprint density at radius 1 is 1.29 bits per heavy atom. The molecule has 2 unspecified atom stereocenters.